The number of alkyl halides is 2. The van der Waals surface area contributed by atoms with Crippen LogP contribution >= 0.6 is 0 Å². The van der Waals surface area contributed by atoms with Gasteiger partial charge in [0.1, 0.15) is 17.3 Å². The van der Waals surface area contributed by atoms with Gasteiger partial charge in [-0.1, -0.05) is 17.9 Å². The average Bonchev–Trinajstić information content (AvgIpc) is 3.72. The molecule has 2 aliphatic heterocycles. The molecule has 1 aromatic carbocycles. The van der Waals surface area contributed by atoms with Crippen molar-refractivity contribution in [3.8, 4) is 11.8 Å². The summed E-state index contributed by atoms with van der Waals surface area (Å²) in [4.78, 5) is 64.2. The molecule has 1 aliphatic carbocycles. The molecule has 56 heavy (non-hydrogen) atoms. The van der Waals surface area contributed by atoms with Crippen molar-refractivity contribution in [3.63, 3.8) is 0 Å². The SMILES string of the molecule is Cc1ccn2ncc(C(=O)N/C(C=NC3CCC(CN4CCN(CC#Cc5cccc6c5n(C)c(=O)n6C5CCC(=O)NC5=O)CC4)CC3)=C(/N)C(F)F)c2n1. The molecule has 5 heterocycles. The predicted molar refractivity (Wildman–Crippen MR) is 205 cm³/mol. The smallest absolute Gasteiger partial charge is 0.329 e. The molecule has 1 atom stereocenters. The first-order valence-corrected chi connectivity index (χ1v) is 18.9. The molecule has 15 nitrogen and oxygen atoms in total. The van der Waals surface area contributed by atoms with Gasteiger partial charge in [-0.3, -0.25) is 38.7 Å². The Kier molecular flexibility index (Phi) is 11.4. The van der Waals surface area contributed by atoms with Crippen molar-refractivity contribution in [3.05, 3.63) is 75.4 Å². The summed E-state index contributed by atoms with van der Waals surface area (Å²) in [5.74, 6) is 5.59. The Bertz CT molecular complexity index is 2330. The summed E-state index contributed by atoms with van der Waals surface area (Å²) in [5, 5.41) is 8.97. The number of rotatable bonds is 9. The standard InChI is InChI=1S/C39H45F2N11O4/c1-24-14-16-51-36(45-24)28(21-44-51)37(54)46-29(33(42)35(40)41)22-43-27-10-8-25(9-11-27)23-50-19-17-49(18-20-50)15-4-6-26-5-3-7-30-34(26)48(2)39(56)52(30)31-12-13-32(53)47-38(31)55/h3,5,7,14,16,21-22,25,27,31,35H,8-13,15,17-20,23,42H2,1-2H3,(H,46,54)(H,47,53,55)/b33-29+,43-22?. The number of halogens is 2. The van der Waals surface area contributed by atoms with E-state index in [0.717, 1.165) is 58.4 Å². The highest BCUT2D eigenvalue weighted by Crippen LogP contribution is 2.28. The molecule has 7 rings (SSSR count). The number of piperazine rings is 1. The van der Waals surface area contributed by atoms with Crippen LogP contribution in [0.3, 0.4) is 0 Å². The van der Waals surface area contributed by atoms with Gasteiger partial charge < -0.3 is 16.0 Å². The number of aryl methyl sites for hydroxylation is 2. The van der Waals surface area contributed by atoms with Gasteiger partial charge >= 0.3 is 5.69 Å². The number of nitrogens with zero attached hydrogens (tertiary/aromatic N) is 8. The minimum Gasteiger partial charge on any atom is -0.396 e. The summed E-state index contributed by atoms with van der Waals surface area (Å²) in [5.41, 5.74) is 7.51. The molecule has 3 amide bonds. The summed E-state index contributed by atoms with van der Waals surface area (Å²) < 4.78 is 31.7. The van der Waals surface area contributed by atoms with Gasteiger partial charge in [0, 0.05) is 64.3 Å². The number of fused-ring (bicyclic) bond motifs is 2. The van der Waals surface area contributed by atoms with E-state index in [1.165, 1.54) is 26.1 Å². The molecule has 17 heteroatoms. The number of piperidine rings is 1. The second-order valence-electron chi connectivity index (χ2n) is 14.7. The number of amides is 3. The van der Waals surface area contributed by atoms with E-state index in [4.69, 9.17) is 5.73 Å². The number of hydrogen-bond acceptors (Lipinski definition) is 10. The first-order valence-electron chi connectivity index (χ1n) is 18.9. The number of carbonyl (C=O) groups is 3. The molecule has 4 aromatic rings. The normalized spacial score (nSPS) is 21.7. The fourth-order valence-electron chi connectivity index (χ4n) is 7.77. The molecule has 3 aliphatic rings. The third-order valence-corrected chi connectivity index (χ3v) is 10.9. The fraction of sp³-hybridized carbons (Fsp3) is 0.462. The Balaban J connectivity index is 0.889. The zero-order chi connectivity index (χ0) is 39.5. The average molecular weight is 770 g/mol. The van der Waals surface area contributed by atoms with E-state index in [2.05, 4.69) is 47.3 Å². The highest BCUT2D eigenvalue weighted by molar-refractivity contribution is 6.03. The van der Waals surface area contributed by atoms with Gasteiger partial charge in [-0.25, -0.2) is 23.1 Å². The van der Waals surface area contributed by atoms with E-state index in [-0.39, 0.29) is 41.7 Å². The van der Waals surface area contributed by atoms with Gasteiger partial charge in [0.15, 0.2) is 5.65 Å². The van der Waals surface area contributed by atoms with Crippen LogP contribution in [-0.4, -0.2) is 109 Å². The number of para-hydroxylation sites is 1. The fourth-order valence-corrected chi connectivity index (χ4v) is 7.77. The predicted octanol–water partition coefficient (Wildman–Crippen LogP) is 2.13. The van der Waals surface area contributed by atoms with Gasteiger partial charge in [0.25, 0.3) is 12.3 Å². The van der Waals surface area contributed by atoms with Crippen molar-refractivity contribution in [1.29, 1.82) is 0 Å². The number of nitrogens with two attached hydrogens (primary N) is 1. The maximum absolute atomic E-state index is 13.7. The van der Waals surface area contributed by atoms with Crippen LogP contribution in [0.5, 0.6) is 0 Å². The van der Waals surface area contributed by atoms with Crippen LogP contribution in [0.15, 0.2) is 57.8 Å². The summed E-state index contributed by atoms with van der Waals surface area (Å²) in [7, 11) is 1.67. The molecule has 1 unspecified atom stereocenters. The first kappa shape index (κ1) is 38.5. The van der Waals surface area contributed by atoms with Gasteiger partial charge in [0.05, 0.1) is 41.1 Å². The minimum absolute atomic E-state index is 0.0652. The molecule has 294 valence electrons. The molecule has 0 spiro atoms. The lowest BCUT2D eigenvalue weighted by atomic mass is 9.86. The number of nitrogens with one attached hydrogen (secondary N) is 2. The molecule has 0 radical (unpaired) electrons. The highest BCUT2D eigenvalue weighted by Gasteiger charge is 2.32. The third kappa shape index (κ3) is 8.26. The van der Waals surface area contributed by atoms with E-state index in [9.17, 15) is 28.0 Å². The van der Waals surface area contributed by atoms with E-state index in [0.29, 0.717) is 40.4 Å². The van der Waals surface area contributed by atoms with Gasteiger partial charge in [-0.2, -0.15) is 5.10 Å². The van der Waals surface area contributed by atoms with Gasteiger partial charge in [-0.05, 0) is 63.1 Å². The Morgan fingerprint density at radius 3 is 2.57 bits per heavy atom. The van der Waals surface area contributed by atoms with E-state index < -0.39 is 30.0 Å². The van der Waals surface area contributed by atoms with Crippen molar-refractivity contribution in [2.45, 2.75) is 64.0 Å². The summed E-state index contributed by atoms with van der Waals surface area (Å²) >= 11 is 0. The molecule has 4 N–H and O–H groups in total. The van der Waals surface area contributed by atoms with E-state index in [1.807, 2.05) is 12.1 Å². The van der Waals surface area contributed by atoms with Gasteiger partial charge in [0.2, 0.25) is 11.8 Å². The quantitative estimate of drug-likeness (QED) is 0.131. The minimum atomic E-state index is -2.97. The zero-order valence-electron chi connectivity index (χ0n) is 31.4. The van der Waals surface area contributed by atoms with Crippen molar-refractivity contribution in [2.75, 3.05) is 39.3 Å². The largest absolute Gasteiger partial charge is 0.396 e. The summed E-state index contributed by atoms with van der Waals surface area (Å²) in [6, 6.07) is 6.43. The Morgan fingerprint density at radius 2 is 1.84 bits per heavy atom. The summed E-state index contributed by atoms with van der Waals surface area (Å²) in [6.07, 6.45) is 5.26. The third-order valence-electron chi connectivity index (χ3n) is 10.9. The van der Waals surface area contributed by atoms with E-state index in [1.54, 1.807) is 32.3 Å². The van der Waals surface area contributed by atoms with Crippen molar-refractivity contribution < 1.29 is 23.2 Å². The maximum Gasteiger partial charge on any atom is 0.329 e. The lowest BCUT2D eigenvalue weighted by Crippen LogP contribution is -2.48. The number of aliphatic imine (C=N–C) groups is 1. The Labute approximate surface area is 321 Å². The molecule has 3 fully saturated rings. The molecular weight excluding hydrogens is 724 g/mol. The highest BCUT2D eigenvalue weighted by atomic mass is 19.3. The number of benzene rings is 1. The summed E-state index contributed by atoms with van der Waals surface area (Å²) in [6.45, 7) is 6.92. The number of imide groups is 1. The second kappa shape index (κ2) is 16.6. The van der Waals surface area contributed by atoms with Gasteiger partial charge in [-0.15, -0.1) is 0 Å². The Morgan fingerprint density at radius 1 is 1.09 bits per heavy atom. The van der Waals surface area contributed by atoms with Crippen molar-refractivity contribution >= 4 is 40.6 Å². The number of carbonyl (C=O) groups excluding carboxylic acids is 3. The van der Waals surface area contributed by atoms with Crippen molar-refractivity contribution in [2.24, 2.45) is 23.7 Å². The first-order chi connectivity index (χ1) is 27.0. The Hall–Kier alpha value is -5.73. The maximum atomic E-state index is 13.7. The molecule has 2 saturated heterocycles. The van der Waals surface area contributed by atoms with Crippen LogP contribution < -0.4 is 22.1 Å². The molecular formula is C39H45F2N11O4. The number of hydrogen-bond donors (Lipinski definition) is 3. The van der Waals surface area contributed by atoms with Crippen LogP contribution in [-0.2, 0) is 16.6 Å². The number of allylic oxidation sites excluding steroid dienone is 2. The zero-order valence-corrected chi connectivity index (χ0v) is 31.4. The molecule has 3 aromatic heterocycles. The molecule has 0 bridgehead atoms. The van der Waals surface area contributed by atoms with Crippen LogP contribution in [0.1, 0.15) is 66.2 Å². The van der Waals surface area contributed by atoms with Crippen LogP contribution in [0.25, 0.3) is 16.7 Å². The second-order valence-corrected chi connectivity index (χ2v) is 14.7. The lowest BCUT2D eigenvalue weighted by molar-refractivity contribution is -0.135. The lowest BCUT2D eigenvalue weighted by Gasteiger charge is -2.37. The number of imidazole rings is 1. The topological polar surface area (TPSA) is 177 Å². The van der Waals surface area contributed by atoms with Crippen LogP contribution in [0, 0.1) is 24.7 Å². The van der Waals surface area contributed by atoms with E-state index >= 15 is 0 Å². The monoisotopic (exact) mass is 769 g/mol. The van der Waals surface area contributed by atoms with Crippen LogP contribution in [0.2, 0.25) is 0 Å². The molecule has 1 saturated carbocycles. The van der Waals surface area contributed by atoms with Crippen molar-refractivity contribution in [1.82, 2.24) is 44.2 Å². The van der Waals surface area contributed by atoms with Crippen LogP contribution in [0.4, 0.5) is 8.78 Å². The number of aromatic nitrogens is 5.